The third-order valence-electron chi connectivity index (χ3n) is 4.08. The zero-order valence-corrected chi connectivity index (χ0v) is 12.5. The van der Waals surface area contributed by atoms with Crippen molar-refractivity contribution >= 4 is 5.82 Å². The van der Waals surface area contributed by atoms with Gasteiger partial charge in [-0.25, -0.2) is 4.98 Å². The first kappa shape index (κ1) is 16.3. The number of nitrogens with zero attached hydrogens (tertiary/aromatic N) is 3. The highest BCUT2D eigenvalue weighted by atomic mass is 19.4. The van der Waals surface area contributed by atoms with Gasteiger partial charge in [-0.2, -0.15) is 18.4 Å². The Morgan fingerprint density at radius 3 is 2.67 bits per heavy atom. The van der Waals surface area contributed by atoms with Crippen molar-refractivity contribution in [2.75, 3.05) is 11.4 Å². The Kier molecular flexibility index (Phi) is 4.16. The molecule has 1 aromatic heterocycles. The van der Waals surface area contributed by atoms with Crippen LogP contribution in [0.1, 0.15) is 29.2 Å². The number of β-amino-alcohol motifs (C(OH)–C–C–N with tert-alkyl or cyclic N) is 1. The monoisotopic (exact) mass is 333 g/mol. The molecule has 0 saturated carbocycles. The van der Waals surface area contributed by atoms with Crippen molar-refractivity contribution in [3.8, 4) is 6.07 Å². The molecule has 2 atom stereocenters. The van der Waals surface area contributed by atoms with Crippen LogP contribution in [0.15, 0.2) is 42.6 Å². The van der Waals surface area contributed by atoms with Gasteiger partial charge in [-0.15, -0.1) is 0 Å². The van der Waals surface area contributed by atoms with Crippen LogP contribution >= 0.6 is 0 Å². The minimum absolute atomic E-state index is 0.0797. The average molecular weight is 333 g/mol. The van der Waals surface area contributed by atoms with E-state index in [1.807, 2.05) is 6.07 Å². The molecular formula is C17H14F3N3O. The predicted octanol–water partition coefficient (Wildman–Crippen LogP) is 3.28. The molecule has 1 fully saturated rings. The fraction of sp³-hybridized carbons (Fsp3) is 0.294. The van der Waals surface area contributed by atoms with Crippen molar-refractivity contribution in [2.45, 2.75) is 24.7 Å². The van der Waals surface area contributed by atoms with Gasteiger partial charge in [-0.05, 0) is 30.2 Å². The molecule has 0 amide bonds. The smallest absolute Gasteiger partial charge is 0.391 e. The maximum absolute atomic E-state index is 13.3. The molecule has 1 N–H and O–H groups in total. The first-order chi connectivity index (χ1) is 11.4. The molecular weight excluding hydrogens is 319 g/mol. The van der Waals surface area contributed by atoms with E-state index in [0.29, 0.717) is 5.82 Å². The number of nitriles is 1. The van der Waals surface area contributed by atoms with Gasteiger partial charge in [0.2, 0.25) is 0 Å². The molecule has 2 heterocycles. The second-order valence-corrected chi connectivity index (χ2v) is 5.63. The van der Waals surface area contributed by atoms with Gasteiger partial charge in [0.1, 0.15) is 11.9 Å². The highest BCUT2D eigenvalue weighted by molar-refractivity contribution is 5.56. The lowest BCUT2D eigenvalue weighted by atomic mass is 9.97. The van der Waals surface area contributed by atoms with E-state index in [-0.39, 0.29) is 24.1 Å². The number of aromatic nitrogens is 1. The predicted molar refractivity (Wildman–Crippen MR) is 81.1 cm³/mol. The quantitative estimate of drug-likeness (QED) is 0.916. The lowest BCUT2D eigenvalue weighted by Gasteiger charge is -2.28. The van der Waals surface area contributed by atoms with E-state index in [9.17, 15) is 23.5 Å². The molecule has 0 aliphatic carbocycles. The van der Waals surface area contributed by atoms with Gasteiger partial charge in [-0.3, -0.25) is 0 Å². The average Bonchev–Trinajstić information content (AvgIpc) is 2.95. The third-order valence-corrected chi connectivity index (χ3v) is 4.08. The lowest BCUT2D eigenvalue weighted by molar-refractivity contribution is -0.138. The standard InChI is InChI=1S/C17H14F3N3O/c18-17(19,20)14-6-2-1-5-13(14)15-8-12(24)10-23(15)16-11(9-21)4-3-7-22-16/h1-7,12,15,24H,8,10H2. The molecule has 1 aliphatic rings. The number of anilines is 1. The van der Waals surface area contributed by atoms with Gasteiger partial charge in [0.25, 0.3) is 0 Å². The van der Waals surface area contributed by atoms with Crippen molar-refractivity contribution in [3.63, 3.8) is 0 Å². The van der Waals surface area contributed by atoms with Gasteiger partial charge in [-0.1, -0.05) is 18.2 Å². The summed E-state index contributed by atoms with van der Waals surface area (Å²) < 4.78 is 40.0. The van der Waals surface area contributed by atoms with E-state index in [1.54, 1.807) is 17.0 Å². The molecule has 2 unspecified atom stereocenters. The van der Waals surface area contributed by atoms with Crippen molar-refractivity contribution in [2.24, 2.45) is 0 Å². The number of hydrogen-bond acceptors (Lipinski definition) is 4. The van der Waals surface area contributed by atoms with Crippen LogP contribution in [0.5, 0.6) is 0 Å². The normalized spacial score (nSPS) is 20.9. The summed E-state index contributed by atoms with van der Waals surface area (Å²) in [5.74, 6) is 0.290. The molecule has 1 saturated heterocycles. The van der Waals surface area contributed by atoms with E-state index in [1.165, 1.54) is 24.4 Å². The maximum atomic E-state index is 13.3. The second-order valence-electron chi connectivity index (χ2n) is 5.63. The summed E-state index contributed by atoms with van der Waals surface area (Å²) in [5.41, 5.74) is -0.388. The van der Waals surface area contributed by atoms with Crippen LogP contribution < -0.4 is 4.90 Å². The minimum Gasteiger partial charge on any atom is -0.391 e. The number of benzene rings is 1. The Morgan fingerprint density at radius 1 is 1.21 bits per heavy atom. The van der Waals surface area contributed by atoms with E-state index >= 15 is 0 Å². The lowest BCUT2D eigenvalue weighted by Crippen LogP contribution is -2.27. The molecule has 7 heteroatoms. The maximum Gasteiger partial charge on any atom is 0.416 e. The molecule has 2 aromatic rings. The molecule has 1 aromatic carbocycles. The van der Waals surface area contributed by atoms with E-state index in [4.69, 9.17) is 0 Å². The molecule has 4 nitrogen and oxygen atoms in total. The summed E-state index contributed by atoms with van der Waals surface area (Å²) in [4.78, 5) is 5.72. The number of aliphatic hydroxyl groups excluding tert-OH is 1. The first-order valence-electron chi connectivity index (χ1n) is 7.37. The van der Waals surface area contributed by atoms with Gasteiger partial charge >= 0.3 is 6.18 Å². The number of halogens is 3. The van der Waals surface area contributed by atoms with Gasteiger partial charge < -0.3 is 10.0 Å². The number of aliphatic hydroxyl groups is 1. The molecule has 124 valence electrons. The molecule has 0 spiro atoms. The number of alkyl halides is 3. The van der Waals surface area contributed by atoms with Gasteiger partial charge in [0, 0.05) is 12.7 Å². The highest BCUT2D eigenvalue weighted by Crippen LogP contribution is 2.42. The van der Waals surface area contributed by atoms with Crippen LogP contribution in [0.3, 0.4) is 0 Å². The van der Waals surface area contributed by atoms with Gasteiger partial charge in [0.05, 0.1) is 23.3 Å². The summed E-state index contributed by atoms with van der Waals surface area (Å²) in [5, 5.41) is 19.2. The second kappa shape index (κ2) is 6.13. The zero-order chi connectivity index (χ0) is 17.3. The van der Waals surface area contributed by atoms with Crippen molar-refractivity contribution in [3.05, 3.63) is 59.3 Å². The van der Waals surface area contributed by atoms with E-state index in [2.05, 4.69) is 4.98 Å². The van der Waals surface area contributed by atoms with Crippen molar-refractivity contribution in [1.29, 1.82) is 5.26 Å². The van der Waals surface area contributed by atoms with E-state index < -0.39 is 23.9 Å². The van der Waals surface area contributed by atoms with Crippen molar-refractivity contribution in [1.82, 2.24) is 4.98 Å². The summed E-state index contributed by atoms with van der Waals surface area (Å²) in [6.07, 6.45) is -3.65. The molecule has 24 heavy (non-hydrogen) atoms. The number of pyridine rings is 1. The topological polar surface area (TPSA) is 60.2 Å². The summed E-state index contributed by atoms with van der Waals surface area (Å²) >= 11 is 0. The minimum atomic E-state index is -4.49. The number of rotatable bonds is 2. The Balaban J connectivity index is 2.09. The Morgan fingerprint density at radius 2 is 1.96 bits per heavy atom. The fourth-order valence-electron chi connectivity index (χ4n) is 3.10. The van der Waals surface area contributed by atoms with Crippen LogP contribution in [0, 0.1) is 11.3 Å². The summed E-state index contributed by atoms with van der Waals surface area (Å²) in [7, 11) is 0. The van der Waals surface area contributed by atoms with E-state index in [0.717, 1.165) is 6.07 Å². The SMILES string of the molecule is N#Cc1cccnc1N1CC(O)CC1c1ccccc1C(F)(F)F. The van der Waals surface area contributed by atoms with Crippen molar-refractivity contribution < 1.29 is 18.3 Å². The molecule has 0 radical (unpaired) electrons. The highest BCUT2D eigenvalue weighted by Gasteiger charge is 2.40. The Labute approximate surface area is 136 Å². The Bertz CT molecular complexity index is 785. The Hall–Kier alpha value is -2.59. The first-order valence-corrected chi connectivity index (χ1v) is 7.37. The van der Waals surface area contributed by atoms with Crippen LogP contribution in [-0.2, 0) is 6.18 Å². The van der Waals surface area contributed by atoms with Crippen LogP contribution in [0.4, 0.5) is 19.0 Å². The summed E-state index contributed by atoms with van der Waals surface area (Å²) in [6, 6.07) is 9.76. The van der Waals surface area contributed by atoms with Crippen LogP contribution in [-0.4, -0.2) is 22.7 Å². The zero-order valence-electron chi connectivity index (χ0n) is 12.5. The van der Waals surface area contributed by atoms with Gasteiger partial charge in [0.15, 0.2) is 0 Å². The summed E-state index contributed by atoms with van der Waals surface area (Å²) in [6.45, 7) is 0.128. The fourth-order valence-corrected chi connectivity index (χ4v) is 3.10. The molecule has 1 aliphatic heterocycles. The van der Waals surface area contributed by atoms with Crippen LogP contribution in [0.2, 0.25) is 0 Å². The third kappa shape index (κ3) is 2.93. The molecule has 0 bridgehead atoms. The van der Waals surface area contributed by atoms with Crippen LogP contribution in [0.25, 0.3) is 0 Å². The molecule has 3 rings (SSSR count). The number of hydrogen-bond donors (Lipinski definition) is 1. The largest absolute Gasteiger partial charge is 0.416 e.